The molecule has 14 heteroatoms. The molecule has 0 radical (unpaired) electrons. The second-order valence-electron chi connectivity index (χ2n) is 11.6. The molecule has 5 rings (SSSR count). The lowest BCUT2D eigenvalue weighted by Gasteiger charge is -2.49. The Balaban J connectivity index is 1.45. The van der Waals surface area contributed by atoms with E-state index in [0.717, 1.165) is 6.26 Å². The van der Waals surface area contributed by atoms with Gasteiger partial charge in [0, 0.05) is 56.1 Å². The normalized spacial score (nSPS) is 24.4. The van der Waals surface area contributed by atoms with Crippen molar-refractivity contribution in [2.45, 2.75) is 57.6 Å². The Morgan fingerprint density at radius 1 is 1.19 bits per heavy atom. The lowest BCUT2D eigenvalue weighted by molar-refractivity contribution is -0.137. The van der Waals surface area contributed by atoms with Gasteiger partial charge in [-0.15, -0.1) is 0 Å². The molecule has 4 atom stereocenters. The first kappa shape index (κ1) is 27.3. The van der Waals surface area contributed by atoms with Crippen LogP contribution in [0.15, 0.2) is 30.6 Å². The van der Waals surface area contributed by atoms with Gasteiger partial charge in [-0.05, 0) is 48.4 Å². The number of benzene rings is 1. The first-order valence-electron chi connectivity index (χ1n) is 15.5. The van der Waals surface area contributed by atoms with Crippen molar-refractivity contribution in [3.8, 4) is 0 Å². The molecule has 43 heavy (non-hydrogen) atoms. The van der Waals surface area contributed by atoms with E-state index in [0.29, 0.717) is 28.0 Å². The highest BCUT2D eigenvalue weighted by Crippen LogP contribution is 2.47. The van der Waals surface area contributed by atoms with E-state index < -0.39 is 46.9 Å². The zero-order valence-electron chi connectivity index (χ0n) is 27.2. The van der Waals surface area contributed by atoms with E-state index in [4.69, 9.17) is 8.85 Å². The van der Waals surface area contributed by atoms with Crippen LogP contribution in [-0.4, -0.2) is 80.4 Å². The number of aromatic nitrogens is 3. The molecule has 4 heterocycles. The molecule has 1 N–H and O–H groups in total. The van der Waals surface area contributed by atoms with Crippen LogP contribution >= 0.6 is 0 Å². The quantitative estimate of drug-likeness (QED) is 0.332. The lowest BCUT2D eigenvalue weighted by Crippen LogP contribution is -2.57. The van der Waals surface area contributed by atoms with Gasteiger partial charge < -0.3 is 19.9 Å². The van der Waals surface area contributed by atoms with Gasteiger partial charge in [0.1, 0.15) is 27.6 Å². The van der Waals surface area contributed by atoms with E-state index in [1.54, 1.807) is 42.7 Å². The number of ether oxygens (including phenoxy) is 1. The second kappa shape index (κ2) is 11.7. The van der Waals surface area contributed by atoms with Gasteiger partial charge in [-0.3, -0.25) is 0 Å². The van der Waals surface area contributed by atoms with Gasteiger partial charge in [0.05, 0.1) is 33.8 Å². The largest absolute Gasteiger partial charge is 0.418 e. The number of alkyl halides is 4. The van der Waals surface area contributed by atoms with Crippen LogP contribution in [0.1, 0.15) is 48.3 Å². The standard InChI is InChI=1S/C29H36F4N6O3S/c1-16(2)19-10-22(29(31,32)33)27(39-13-18(17(39)3)15-43(5,40)41)21-12-35-26(11-20(19)21)36-25-6-8-34-28(37-25)38-9-7-24(42-4)23(30)14-38/h6,8,10-12,16-18,23-24H,7,9,13-15H2,1-5H3,(H,34,35,36,37)/t17-,18-,23+,24-/m1/s1/i4D3. The van der Waals surface area contributed by atoms with Crippen molar-refractivity contribution in [2.24, 2.45) is 5.92 Å². The summed E-state index contributed by atoms with van der Waals surface area (Å²) in [6.07, 6.45) is -3.21. The zero-order valence-corrected chi connectivity index (χ0v) is 25.0. The van der Waals surface area contributed by atoms with Gasteiger partial charge >= 0.3 is 6.18 Å². The van der Waals surface area contributed by atoms with Crippen molar-refractivity contribution >= 4 is 43.9 Å². The maximum atomic E-state index is 14.8. The number of fused-ring (bicyclic) bond motifs is 1. The predicted octanol–water partition coefficient (Wildman–Crippen LogP) is 5.34. The van der Waals surface area contributed by atoms with Gasteiger partial charge in [-0.25, -0.2) is 22.8 Å². The predicted molar refractivity (Wildman–Crippen MR) is 159 cm³/mol. The van der Waals surface area contributed by atoms with Gasteiger partial charge in [0.15, 0.2) is 0 Å². The van der Waals surface area contributed by atoms with Crippen molar-refractivity contribution < 1.29 is 34.8 Å². The van der Waals surface area contributed by atoms with E-state index in [9.17, 15) is 26.0 Å². The number of nitrogens with one attached hydrogen (secondary N) is 1. The maximum Gasteiger partial charge on any atom is 0.418 e. The Labute approximate surface area is 252 Å². The molecule has 2 fully saturated rings. The number of nitrogens with zero attached hydrogens (tertiary/aromatic N) is 5. The molecule has 0 amide bonds. The van der Waals surface area contributed by atoms with Crippen LogP contribution < -0.4 is 15.1 Å². The molecule has 2 aliphatic heterocycles. The topological polar surface area (TPSA) is 101 Å². The van der Waals surface area contributed by atoms with Crippen LogP contribution in [0.2, 0.25) is 0 Å². The van der Waals surface area contributed by atoms with Gasteiger partial charge in [0.25, 0.3) is 0 Å². The van der Waals surface area contributed by atoms with Gasteiger partial charge in [-0.2, -0.15) is 18.2 Å². The molecule has 0 saturated carbocycles. The number of anilines is 4. The number of pyridine rings is 1. The molecule has 3 aromatic rings. The minimum absolute atomic E-state index is 0.0285. The third-order valence-corrected chi connectivity index (χ3v) is 9.21. The number of halogens is 4. The summed E-state index contributed by atoms with van der Waals surface area (Å²) in [5, 5.41) is 3.93. The van der Waals surface area contributed by atoms with Crippen molar-refractivity contribution in [2.75, 3.05) is 53.8 Å². The Morgan fingerprint density at radius 3 is 2.58 bits per heavy atom. The molecule has 2 aliphatic rings. The van der Waals surface area contributed by atoms with Gasteiger partial charge in [0.2, 0.25) is 5.95 Å². The van der Waals surface area contributed by atoms with Crippen LogP contribution in [0.25, 0.3) is 10.8 Å². The van der Waals surface area contributed by atoms with Crippen molar-refractivity contribution in [3.63, 3.8) is 0 Å². The number of hydrogen-bond donors (Lipinski definition) is 1. The molecule has 1 aromatic carbocycles. The van der Waals surface area contributed by atoms with Gasteiger partial charge in [-0.1, -0.05) is 13.8 Å². The van der Waals surface area contributed by atoms with E-state index in [1.807, 2.05) is 0 Å². The van der Waals surface area contributed by atoms with Crippen molar-refractivity contribution in [1.29, 1.82) is 0 Å². The number of methoxy groups -OCH3 is 1. The summed E-state index contributed by atoms with van der Waals surface area (Å²) in [5.74, 6) is 0.147. The fourth-order valence-electron chi connectivity index (χ4n) is 5.86. The molecule has 0 aliphatic carbocycles. The maximum absolute atomic E-state index is 14.8. The van der Waals surface area contributed by atoms with E-state index >= 15 is 0 Å². The molecule has 2 aromatic heterocycles. The Hall–Kier alpha value is -3.26. The first-order valence-corrected chi connectivity index (χ1v) is 16.0. The molecule has 234 valence electrons. The van der Waals surface area contributed by atoms with Crippen molar-refractivity contribution in [3.05, 3.63) is 41.7 Å². The highest BCUT2D eigenvalue weighted by atomic mass is 32.2. The Bertz CT molecular complexity index is 1710. The van der Waals surface area contributed by atoms with Crippen LogP contribution in [0.3, 0.4) is 0 Å². The number of piperidine rings is 1. The molecule has 0 bridgehead atoms. The Kier molecular flexibility index (Phi) is 7.41. The fourth-order valence-corrected chi connectivity index (χ4v) is 7.03. The summed E-state index contributed by atoms with van der Waals surface area (Å²) in [6, 6.07) is 3.95. The van der Waals surface area contributed by atoms with E-state index in [2.05, 4.69) is 20.3 Å². The monoisotopic (exact) mass is 627 g/mol. The van der Waals surface area contributed by atoms with Crippen LogP contribution in [0, 0.1) is 5.92 Å². The third kappa shape index (κ3) is 6.49. The number of sulfone groups is 1. The summed E-state index contributed by atoms with van der Waals surface area (Å²) in [4.78, 5) is 16.3. The average molecular weight is 628 g/mol. The molecule has 9 nitrogen and oxygen atoms in total. The summed E-state index contributed by atoms with van der Waals surface area (Å²) in [7, 11) is -6.01. The highest BCUT2D eigenvalue weighted by molar-refractivity contribution is 7.90. The minimum atomic E-state index is -4.66. The lowest BCUT2D eigenvalue weighted by atomic mass is 9.86. The highest BCUT2D eigenvalue weighted by Gasteiger charge is 2.44. The van der Waals surface area contributed by atoms with Crippen molar-refractivity contribution in [1.82, 2.24) is 15.0 Å². The summed E-state index contributed by atoms with van der Waals surface area (Å²) in [5.41, 5.74) is -0.355. The summed E-state index contributed by atoms with van der Waals surface area (Å²) in [6.45, 7) is 5.60. The van der Waals surface area contributed by atoms with Crippen LogP contribution in [-0.2, 0) is 20.8 Å². The minimum Gasteiger partial charge on any atom is -0.378 e. The average Bonchev–Trinajstić information content (AvgIpc) is 2.93. The summed E-state index contributed by atoms with van der Waals surface area (Å²) < 4.78 is 109. The molecule has 0 unspecified atom stereocenters. The Morgan fingerprint density at radius 2 is 1.95 bits per heavy atom. The van der Waals surface area contributed by atoms with E-state index in [1.165, 1.54) is 18.5 Å². The molecular weight excluding hydrogens is 588 g/mol. The summed E-state index contributed by atoms with van der Waals surface area (Å²) >= 11 is 0. The van der Waals surface area contributed by atoms with Crippen LogP contribution in [0.5, 0.6) is 0 Å². The van der Waals surface area contributed by atoms with Crippen LogP contribution in [0.4, 0.5) is 40.8 Å². The smallest absolute Gasteiger partial charge is 0.378 e. The number of rotatable bonds is 8. The first-order chi connectivity index (χ1) is 21.3. The fraction of sp³-hybridized carbons (Fsp3) is 0.552. The molecule has 0 spiro atoms. The zero-order chi connectivity index (χ0) is 33.8. The third-order valence-electron chi connectivity index (χ3n) is 8.18. The molecule has 2 saturated heterocycles. The molecular formula is C29H36F4N6O3S. The van der Waals surface area contributed by atoms with E-state index in [-0.39, 0.29) is 55.3 Å². The second-order valence-corrected chi connectivity index (χ2v) is 13.8. The SMILES string of the molecule is [2H]C([2H])([2H])O[C@@H]1CCN(c2nccc(Nc3cc4c(C(C)C)cc(C(F)(F)F)c(N5C[C@H](CS(C)(=O)=O)[C@H]5C)c4cn3)n2)C[C@@H]1F. The number of hydrogen-bond acceptors (Lipinski definition) is 9.